The van der Waals surface area contributed by atoms with Crippen molar-refractivity contribution in [2.24, 2.45) is 0 Å². The van der Waals surface area contributed by atoms with E-state index in [2.05, 4.69) is 10.1 Å². The van der Waals surface area contributed by atoms with Crippen molar-refractivity contribution in [1.82, 2.24) is 10.1 Å². The Labute approximate surface area is 147 Å². The summed E-state index contributed by atoms with van der Waals surface area (Å²) in [4.78, 5) is 15.8. The third-order valence-corrected chi connectivity index (χ3v) is 4.35. The molecule has 6 nitrogen and oxygen atoms in total. The van der Waals surface area contributed by atoms with Gasteiger partial charge < -0.3 is 9.26 Å². The molecule has 2 aromatic rings. The highest BCUT2D eigenvalue weighted by Crippen LogP contribution is 2.31. The van der Waals surface area contributed by atoms with Crippen LogP contribution in [0, 0.1) is 25.2 Å². The van der Waals surface area contributed by atoms with Crippen molar-refractivity contribution in [2.45, 2.75) is 38.0 Å². The van der Waals surface area contributed by atoms with Gasteiger partial charge in [-0.1, -0.05) is 5.16 Å². The number of nitrogens with zero attached hydrogens (tertiary/aromatic N) is 3. The van der Waals surface area contributed by atoms with Crippen LogP contribution in [-0.2, 0) is 10.5 Å². The summed E-state index contributed by atoms with van der Waals surface area (Å²) in [6.07, 6.45) is -2.74. The lowest BCUT2D eigenvalue weighted by atomic mass is 10.1. The van der Waals surface area contributed by atoms with Crippen molar-refractivity contribution in [2.75, 3.05) is 6.61 Å². The number of alkyl halides is 2. The monoisotopic (exact) mass is 367 g/mol. The highest BCUT2D eigenvalue weighted by Gasteiger charge is 2.22. The van der Waals surface area contributed by atoms with Crippen LogP contribution in [0.25, 0.3) is 0 Å². The lowest BCUT2D eigenvalue weighted by Crippen LogP contribution is -2.08. The van der Waals surface area contributed by atoms with Crippen molar-refractivity contribution in [3.63, 3.8) is 0 Å². The Kier molecular flexibility index (Phi) is 6.09. The summed E-state index contributed by atoms with van der Waals surface area (Å²) >= 11 is 1.06. The maximum atomic E-state index is 13.0. The molecule has 0 N–H and O–H groups in total. The molecule has 0 aromatic carbocycles. The molecule has 25 heavy (non-hydrogen) atoms. The zero-order valence-electron chi connectivity index (χ0n) is 13.8. The number of hydrogen-bond acceptors (Lipinski definition) is 7. The van der Waals surface area contributed by atoms with E-state index in [1.165, 1.54) is 6.07 Å². The minimum atomic E-state index is -2.74. The largest absolute Gasteiger partial charge is 0.461 e. The first-order chi connectivity index (χ1) is 11.9. The first-order valence-corrected chi connectivity index (χ1v) is 8.32. The predicted molar refractivity (Wildman–Crippen MR) is 85.4 cm³/mol. The number of carbonyl (C=O) groups is 1. The lowest BCUT2D eigenvalue weighted by molar-refractivity contribution is 0.0513. The standard InChI is InChI=1S/C16H15F2N3O3S/c1-4-23-16(22)13-11(9(3)24-21-13)7-25-15-10(6-19)8(2)5-12(20-15)14(17)18/h5,14H,4,7H2,1-3H3. The smallest absolute Gasteiger partial charge is 0.360 e. The minimum Gasteiger partial charge on any atom is -0.461 e. The molecule has 2 rings (SSSR count). The number of nitriles is 1. The van der Waals surface area contributed by atoms with E-state index in [1.807, 2.05) is 6.07 Å². The second-order valence-corrected chi connectivity index (χ2v) is 6.00. The molecular formula is C16H15F2N3O3S. The third kappa shape index (κ3) is 4.14. The summed E-state index contributed by atoms with van der Waals surface area (Å²) in [6.45, 7) is 5.06. The fourth-order valence-electron chi connectivity index (χ4n) is 2.08. The Morgan fingerprint density at radius 3 is 2.80 bits per heavy atom. The van der Waals surface area contributed by atoms with E-state index in [9.17, 15) is 18.8 Å². The normalized spacial score (nSPS) is 10.8. The predicted octanol–water partition coefficient (Wildman–Crippen LogP) is 3.96. The number of esters is 1. The number of ether oxygens (including phenoxy) is 1. The summed E-state index contributed by atoms with van der Waals surface area (Å²) < 4.78 is 35.8. The first-order valence-electron chi connectivity index (χ1n) is 7.33. The molecule has 0 fully saturated rings. The van der Waals surface area contributed by atoms with Gasteiger partial charge >= 0.3 is 5.97 Å². The van der Waals surface area contributed by atoms with Gasteiger partial charge in [-0.25, -0.2) is 18.6 Å². The fourth-order valence-corrected chi connectivity index (χ4v) is 3.22. The highest BCUT2D eigenvalue weighted by molar-refractivity contribution is 7.98. The van der Waals surface area contributed by atoms with Crippen molar-refractivity contribution in [3.05, 3.63) is 39.9 Å². The number of aryl methyl sites for hydroxylation is 2. The topological polar surface area (TPSA) is 89.0 Å². The molecular weight excluding hydrogens is 352 g/mol. The van der Waals surface area contributed by atoms with E-state index in [1.54, 1.807) is 20.8 Å². The van der Waals surface area contributed by atoms with Crippen LogP contribution in [0.2, 0.25) is 0 Å². The average molecular weight is 367 g/mol. The Morgan fingerprint density at radius 1 is 1.48 bits per heavy atom. The number of aromatic nitrogens is 2. The summed E-state index contributed by atoms with van der Waals surface area (Å²) in [7, 11) is 0. The number of hydrogen-bond donors (Lipinski definition) is 0. The van der Waals surface area contributed by atoms with Gasteiger partial charge in [0.25, 0.3) is 6.43 Å². The van der Waals surface area contributed by atoms with E-state index >= 15 is 0 Å². The van der Waals surface area contributed by atoms with E-state index in [4.69, 9.17) is 9.26 Å². The van der Waals surface area contributed by atoms with Gasteiger partial charge in [0, 0.05) is 11.3 Å². The van der Waals surface area contributed by atoms with E-state index in [-0.39, 0.29) is 28.6 Å². The third-order valence-electron chi connectivity index (χ3n) is 3.35. The molecule has 0 bridgehead atoms. The van der Waals surface area contributed by atoms with Crippen LogP contribution in [0.5, 0.6) is 0 Å². The van der Waals surface area contributed by atoms with Crippen molar-refractivity contribution in [1.29, 1.82) is 5.26 Å². The summed E-state index contributed by atoms with van der Waals surface area (Å²) in [6, 6.07) is 3.17. The van der Waals surface area contributed by atoms with Gasteiger partial charge in [-0.15, -0.1) is 11.8 Å². The molecule has 0 amide bonds. The van der Waals surface area contributed by atoms with Gasteiger partial charge in [-0.3, -0.25) is 0 Å². The van der Waals surface area contributed by atoms with Crippen LogP contribution in [0.3, 0.4) is 0 Å². The zero-order chi connectivity index (χ0) is 18.6. The van der Waals surface area contributed by atoms with Gasteiger partial charge in [0.15, 0.2) is 5.69 Å². The Hall–Kier alpha value is -2.47. The minimum absolute atomic E-state index is 0.0343. The van der Waals surface area contributed by atoms with Gasteiger partial charge in [0.2, 0.25) is 0 Å². The highest BCUT2D eigenvalue weighted by atomic mass is 32.2. The van der Waals surface area contributed by atoms with Gasteiger partial charge in [-0.2, -0.15) is 5.26 Å². The number of carbonyl (C=O) groups excluding carboxylic acids is 1. The first kappa shape index (κ1) is 18.9. The second-order valence-electron chi connectivity index (χ2n) is 5.03. The Morgan fingerprint density at radius 2 is 2.20 bits per heavy atom. The van der Waals surface area contributed by atoms with Crippen LogP contribution >= 0.6 is 11.8 Å². The van der Waals surface area contributed by atoms with E-state index < -0.39 is 18.1 Å². The zero-order valence-corrected chi connectivity index (χ0v) is 14.6. The van der Waals surface area contributed by atoms with Crippen LogP contribution in [0.15, 0.2) is 15.6 Å². The van der Waals surface area contributed by atoms with Gasteiger partial charge in [0.05, 0.1) is 12.2 Å². The molecule has 0 unspecified atom stereocenters. The van der Waals surface area contributed by atoms with Crippen molar-refractivity contribution in [3.8, 4) is 6.07 Å². The molecule has 0 radical (unpaired) electrons. The summed E-state index contributed by atoms with van der Waals surface area (Å²) in [5.41, 5.74) is 0.761. The molecule has 0 aliphatic carbocycles. The molecule has 2 heterocycles. The average Bonchev–Trinajstić information content (AvgIpc) is 2.93. The SMILES string of the molecule is CCOC(=O)c1noc(C)c1CSc1nc(C(F)F)cc(C)c1C#N. The van der Waals surface area contributed by atoms with Crippen LogP contribution in [0.1, 0.15) is 52.0 Å². The van der Waals surface area contributed by atoms with Gasteiger partial charge in [0.1, 0.15) is 22.5 Å². The Balaban J connectivity index is 2.32. The van der Waals surface area contributed by atoms with Gasteiger partial charge in [-0.05, 0) is 32.4 Å². The molecule has 0 atom stereocenters. The second kappa shape index (κ2) is 8.07. The quantitative estimate of drug-likeness (QED) is 0.564. The molecule has 0 saturated carbocycles. The summed E-state index contributed by atoms with van der Waals surface area (Å²) in [5.74, 6) is -0.0335. The molecule has 0 saturated heterocycles. The Bertz CT molecular complexity index is 831. The number of pyridine rings is 1. The van der Waals surface area contributed by atoms with Crippen LogP contribution in [-0.4, -0.2) is 22.7 Å². The fraction of sp³-hybridized carbons (Fsp3) is 0.375. The maximum absolute atomic E-state index is 13.0. The number of rotatable bonds is 6. The summed E-state index contributed by atoms with van der Waals surface area (Å²) in [5, 5.41) is 13.1. The van der Waals surface area contributed by atoms with Crippen LogP contribution < -0.4 is 0 Å². The van der Waals surface area contributed by atoms with E-state index in [0.717, 1.165) is 11.8 Å². The van der Waals surface area contributed by atoms with Crippen molar-refractivity contribution < 1.29 is 22.8 Å². The number of thioether (sulfide) groups is 1. The maximum Gasteiger partial charge on any atom is 0.360 e. The van der Waals surface area contributed by atoms with Crippen LogP contribution in [0.4, 0.5) is 8.78 Å². The molecule has 0 aliphatic rings. The number of halogens is 2. The van der Waals surface area contributed by atoms with Crippen molar-refractivity contribution >= 4 is 17.7 Å². The molecule has 132 valence electrons. The molecule has 0 spiro atoms. The molecule has 9 heteroatoms. The molecule has 2 aromatic heterocycles. The van der Waals surface area contributed by atoms with E-state index in [0.29, 0.717) is 16.9 Å². The lowest BCUT2D eigenvalue weighted by Gasteiger charge is -2.09. The molecule has 0 aliphatic heterocycles.